The number of benzene rings is 2. The second kappa shape index (κ2) is 10.6. The average molecular weight is 557 g/mol. The number of hydrogen-bond donors (Lipinski definition) is 2. The molecule has 2 heterocycles. The van der Waals surface area contributed by atoms with Gasteiger partial charge in [0.05, 0.1) is 17.2 Å². The third kappa shape index (κ3) is 5.93. The van der Waals surface area contributed by atoms with E-state index in [1.807, 2.05) is 6.07 Å². The van der Waals surface area contributed by atoms with Gasteiger partial charge in [-0.15, -0.1) is 0 Å². The number of aromatic nitrogens is 1. The summed E-state index contributed by atoms with van der Waals surface area (Å²) in [5.41, 5.74) is 3.65. The number of nitrogens with two attached hydrogens (primary N) is 1. The lowest BCUT2D eigenvalue weighted by Crippen LogP contribution is -2.37. The Morgan fingerprint density at radius 3 is 2.16 bits per heavy atom. The molecule has 38 heavy (non-hydrogen) atoms. The van der Waals surface area contributed by atoms with E-state index in [0.29, 0.717) is 36.5 Å². The van der Waals surface area contributed by atoms with Crippen molar-refractivity contribution in [3.05, 3.63) is 100.0 Å². The Labute approximate surface area is 219 Å². The van der Waals surface area contributed by atoms with Gasteiger partial charge in [-0.3, -0.25) is 4.79 Å². The Hall–Kier alpha value is -3.60. The standard InChI is InChI=1S/C26H23ClF6N4O/c27-20-7-2-1-6-19(20)21-8-5-11-37(21)24(38)22(34)23(36-9-3-4-10-36)35-15-16-12-17(25(28,29)30)14-18(13-16)26(31,32)33/h1-4,6-7,9-10,12-14,21,35H,5,8,11,15,34H2/b23-22+/t21-/m1/s1. The molecule has 1 atom stereocenters. The molecule has 0 aliphatic carbocycles. The van der Waals surface area contributed by atoms with E-state index in [1.54, 1.807) is 47.6 Å². The summed E-state index contributed by atoms with van der Waals surface area (Å²) in [4.78, 5) is 15.1. The number of nitrogens with one attached hydrogen (secondary N) is 1. The van der Waals surface area contributed by atoms with Crippen LogP contribution >= 0.6 is 11.6 Å². The van der Waals surface area contributed by atoms with Gasteiger partial charge in [0.15, 0.2) is 0 Å². The number of alkyl halides is 6. The molecule has 0 radical (unpaired) electrons. The minimum atomic E-state index is -4.98. The van der Waals surface area contributed by atoms with Crippen LogP contribution in [0.1, 0.15) is 41.1 Å². The molecule has 1 aliphatic rings. The summed E-state index contributed by atoms with van der Waals surface area (Å²) >= 11 is 6.35. The van der Waals surface area contributed by atoms with Crippen molar-refractivity contribution >= 4 is 23.3 Å². The lowest BCUT2D eigenvalue weighted by molar-refractivity contribution is -0.143. The molecule has 1 saturated heterocycles. The maximum Gasteiger partial charge on any atom is 0.416 e. The second-order valence-corrected chi connectivity index (χ2v) is 9.21. The van der Waals surface area contributed by atoms with Gasteiger partial charge in [-0.2, -0.15) is 26.3 Å². The highest BCUT2D eigenvalue weighted by Gasteiger charge is 2.37. The Balaban J connectivity index is 1.67. The summed E-state index contributed by atoms with van der Waals surface area (Å²) in [5, 5.41) is 3.27. The summed E-state index contributed by atoms with van der Waals surface area (Å²) in [6, 6.07) is 11.4. The lowest BCUT2D eigenvalue weighted by atomic mass is 10.0. The predicted molar refractivity (Wildman–Crippen MR) is 130 cm³/mol. The number of nitrogens with zero attached hydrogens (tertiary/aromatic N) is 2. The number of amides is 1. The highest BCUT2D eigenvalue weighted by Crippen LogP contribution is 2.38. The fourth-order valence-corrected chi connectivity index (χ4v) is 4.71. The van der Waals surface area contributed by atoms with Gasteiger partial charge in [0.1, 0.15) is 11.5 Å². The van der Waals surface area contributed by atoms with Crippen LogP contribution in [0.4, 0.5) is 26.3 Å². The van der Waals surface area contributed by atoms with E-state index >= 15 is 0 Å². The molecule has 12 heteroatoms. The molecule has 1 amide bonds. The monoisotopic (exact) mass is 556 g/mol. The maximum atomic E-state index is 13.5. The Morgan fingerprint density at radius 1 is 0.974 bits per heavy atom. The van der Waals surface area contributed by atoms with Gasteiger partial charge in [0.2, 0.25) is 0 Å². The van der Waals surface area contributed by atoms with Crippen molar-refractivity contribution in [1.82, 2.24) is 14.8 Å². The minimum Gasteiger partial charge on any atom is -0.391 e. The molecule has 0 saturated carbocycles. The van der Waals surface area contributed by atoms with Crippen molar-refractivity contribution in [2.45, 2.75) is 37.8 Å². The molecule has 202 valence electrons. The number of hydrogen-bond acceptors (Lipinski definition) is 3. The fourth-order valence-electron chi connectivity index (χ4n) is 4.45. The van der Waals surface area contributed by atoms with E-state index in [2.05, 4.69) is 5.32 Å². The van der Waals surface area contributed by atoms with Crippen LogP contribution in [0.15, 0.2) is 72.7 Å². The molecule has 5 nitrogen and oxygen atoms in total. The summed E-state index contributed by atoms with van der Waals surface area (Å²) < 4.78 is 81.2. The molecule has 1 aliphatic heterocycles. The largest absolute Gasteiger partial charge is 0.416 e. The molecule has 3 aromatic rings. The van der Waals surface area contributed by atoms with Gasteiger partial charge < -0.3 is 20.5 Å². The van der Waals surface area contributed by atoms with E-state index in [9.17, 15) is 31.1 Å². The molecule has 3 N–H and O–H groups in total. The van der Waals surface area contributed by atoms with Crippen molar-refractivity contribution in [1.29, 1.82) is 0 Å². The first kappa shape index (κ1) is 27.4. The van der Waals surface area contributed by atoms with Crippen molar-refractivity contribution < 1.29 is 31.1 Å². The van der Waals surface area contributed by atoms with Crippen LogP contribution in [-0.4, -0.2) is 21.9 Å². The zero-order valence-corrected chi connectivity index (χ0v) is 20.5. The predicted octanol–water partition coefficient (Wildman–Crippen LogP) is 6.42. The quantitative estimate of drug-likeness (QED) is 0.272. The van der Waals surface area contributed by atoms with Gasteiger partial charge >= 0.3 is 12.4 Å². The molecule has 4 rings (SSSR count). The van der Waals surface area contributed by atoms with Crippen molar-refractivity contribution in [2.75, 3.05) is 6.54 Å². The van der Waals surface area contributed by atoms with E-state index < -0.39 is 35.9 Å². The number of rotatable bonds is 6. The molecular weight excluding hydrogens is 534 g/mol. The Kier molecular flexibility index (Phi) is 7.68. The number of carbonyl (C=O) groups is 1. The van der Waals surface area contributed by atoms with Crippen LogP contribution in [-0.2, 0) is 23.7 Å². The van der Waals surface area contributed by atoms with Crippen LogP contribution in [0.5, 0.6) is 0 Å². The number of likely N-dealkylation sites (tertiary alicyclic amines) is 1. The molecule has 0 unspecified atom stereocenters. The Bertz CT molecular complexity index is 1300. The van der Waals surface area contributed by atoms with E-state index in [4.69, 9.17) is 17.3 Å². The van der Waals surface area contributed by atoms with E-state index in [-0.39, 0.29) is 29.2 Å². The van der Waals surface area contributed by atoms with Gasteiger partial charge in [-0.25, -0.2) is 0 Å². The van der Waals surface area contributed by atoms with Crippen LogP contribution < -0.4 is 11.1 Å². The van der Waals surface area contributed by atoms with Crippen LogP contribution in [0, 0.1) is 0 Å². The third-order valence-electron chi connectivity index (χ3n) is 6.23. The summed E-state index contributed by atoms with van der Waals surface area (Å²) in [6.45, 7) is -0.0562. The van der Waals surface area contributed by atoms with E-state index in [0.717, 1.165) is 5.56 Å². The van der Waals surface area contributed by atoms with Crippen molar-refractivity contribution in [2.24, 2.45) is 5.73 Å². The zero-order valence-electron chi connectivity index (χ0n) is 19.8. The fraction of sp³-hybridized carbons (Fsp3) is 0.269. The normalized spacial score (nSPS) is 16.9. The first-order valence-electron chi connectivity index (χ1n) is 11.6. The number of halogens is 7. The summed E-state index contributed by atoms with van der Waals surface area (Å²) in [5.74, 6) is -0.514. The van der Waals surface area contributed by atoms with Crippen molar-refractivity contribution in [3.63, 3.8) is 0 Å². The van der Waals surface area contributed by atoms with Crippen LogP contribution in [0.3, 0.4) is 0 Å². The zero-order chi connectivity index (χ0) is 27.7. The SMILES string of the molecule is N/C(C(=O)N1CCC[C@@H]1c1ccccc1Cl)=C(\NCc1cc(C(F)(F)F)cc(C(F)(F)F)c1)n1cccc1. The molecular formula is C26H23ClF6N4O. The summed E-state index contributed by atoms with van der Waals surface area (Å²) in [7, 11) is 0. The van der Waals surface area contributed by atoms with Crippen LogP contribution in [0.2, 0.25) is 5.02 Å². The molecule has 1 fully saturated rings. The first-order chi connectivity index (χ1) is 17.9. The third-order valence-corrected chi connectivity index (χ3v) is 6.58. The first-order valence-corrected chi connectivity index (χ1v) is 11.9. The molecule has 2 aromatic carbocycles. The summed E-state index contributed by atoms with van der Waals surface area (Å²) in [6.07, 6.45) is -5.51. The van der Waals surface area contributed by atoms with Crippen LogP contribution in [0.25, 0.3) is 5.82 Å². The topological polar surface area (TPSA) is 63.3 Å². The molecule has 0 spiro atoms. The van der Waals surface area contributed by atoms with Crippen molar-refractivity contribution in [3.8, 4) is 0 Å². The molecule has 1 aromatic heterocycles. The van der Waals surface area contributed by atoms with E-state index in [1.165, 1.54) is 4.57 Å². The molecule has 0 bridgehead atoms. The highest BCUT2D eigenvalue weighted by atomic mass is 35.5. The Morgan fingerprint density at radius 2 is 1.58 bits per heavy atom. The van der Waals surface area contributed by atoms with Gasteiger partial charge in [0.25, 0.3) is 5.91 Å². The maximum absolute atomic E-state index is 13.5. The smallest absolute Gasteiger partial charge is 0.391 e. The lowest BCUT2D eigenvalue weighted by Gasteiger charge is -2.27. The highest BCUT2D eigenvalue weighted by molar-refractivity contribution is 6.31. The average Bonchev–Trinajstić information content (AvgIpc) is 3.55. The van der Waals surface area contributed by atoms with Gasteiger partial charge in [-0.1, -0.05) is 29.8 Å². The van der Waals surface area contributed by atoms with Gasteiger partial charge in [0, 0.05) is 30.5 Å². The minimum absolute atomic E-state index is 0.0239. The van der Waals surface area contributed by atoms with Gasteiger partial charge in [-0.05, 0) is 60.4 Å². The second-order valence-electron chi connectivity index (χ2n) is 8.80. The number of carbonyl (C=O) groups excluding carboxylic acids is 1.